The molecular formula is C12H13BrClNO2S. The number of benzene rings is 1. The van der Waals surface area contributed by atoms with E-state index >= 15 is 0 Å². The molecule has 98 valence electrons. The van der Waals surface area contributed by atoms with E-state index in [4.69, 9.17) is 11.6 Å². The Morgan fingerprint density at radius 1 is 1.33 bits per heavy atom. The minimum atomic E-state index is -3.36. The predicted octanol–water partition coefficient (Wildman–Crippen LogP) is 3.28. The topological polar surface area (TPSA) is 37.4 Å². The molecule has 3 nitrogen and oxygen atoms in total. The zero-order valence-electron chi connectivity index (χ0n) is 9.64. The minimum absolute atomic E-state index is 0.203. The van der Waals surface area contributed by atoms with Crippen molar-refractivity contribution in [1.82, 2.24) is 4.31 Å². The van der Waals surface area contributed by atoms with Crippen molar-refractivity contribution < 1.29 is 8.42 Å². The molecule has 3 rings (SSSR count). The van der Waals surface area contributed by atoms with Crippen molar-refractivity contribution in [3.8, 4) is 0 Å². The van der Waals surface area contributed by atoms with E-state index in [2.05, 4.69) is 15.9 Å². The Labute approximate surface area is 120 Å². The zero-order valence-corrected chi connectivity index (χ0v) is 12.8. The number of hydrogen-bond donors (Lipinski definition) is 0. The molecule has 1 saturated carbocycles. The average molecular weight is 351 g/mol. The Balaban J connectivity index is 1.97. The van der Waals surface area contributed by atoms with Crippen molar-refractivity contribution in [3.05, 3.63) is 27.7 Å². The third-order valence-corrected chi connectivity index (χ3v) is 6.98. The van der Waals surface area contributed by atoms with Gasteiger partial charge in [0.2, 0.25) is 10.0 Å². The average Bonchev–Trinajstić information content (AvgIpc) is 2.94. The van der Waals surface area contributed by atoms with Gasteiger partial charge in [-0.05, 0) is 59.3 Å². The lowest BCUT2D eigenvalue weighted by Gasteiger charge is -2.26. The van der Waals surface area contributed by atoms with Gasteiger partial charge in [0.25, 0.3) is 0 Å². The van der Waals surface area contributed by atoms with Crippen LogP contribution >= 0.6 is 27.5 Å². The van der Waals surface area contributed by atoms with Crippen molar-refractivity contribution in [2.24, 2.45) is 5.92 Å². The fraction of sp³-hybridized carbons (Fsp3) is 0.500. The van der Waals surface area contributed by atoms with E-state index in [1.54, 1.807) is 22.5 Å². The van der Waals surface area contributed by atoms with Gasteiger partial charge in [0.1, 0.15) is 0 Å². The highest BCUT2D eigenvalue weighted by molar-refractivity contribution is 9.10. The highest BCUT2D eigenvalue weighted by atomic mass is 79.9. The van der Waals surface area contributed by atoms with Crippen LogP contribution in [0.2, 0.25) is 5.02 Å². The molecule has 0 amide bonds. The summed E-state index contributed by atoms with van der Waals surface area (Å²) in [5, 5.41) is 0.525. The van der Waals surface area contributed by atoms with Crippen molar-refractivity contribution >= 4 is 37.6 Å². The normalized spacial score (nSPS) is 27.9. The van der Waals surface area contributed by atoms with Crippen LogP contribution in [-0.2, 0) is 10.0 Å². The minimum Gasteiger partial charge on any atom is -0.207 e. The van der Waals surface area contributed by atoms with Gasteiger partial charge in [0.15, 0.2) is 0 Å². The Hall–Kier alpha value is -0.100. The molecule has 2 aliphatic rings. The second-order valence-corrected chi connectivity index (χ2v) is 8.14. The lowest BCUT2D eigenvalue weighted by atomic mass is 10.1. The molecule has 1 aromatic carbocycles. The van der Waals surface area contributed by atoms with E-state index in [-0.39, 0.29) is 6.04 Å². The van der Waals surface area contributed by atoms with Crippen molar-refractivity contribution in [1.29, 1.82) is 0 Å². The number of hydrogen-bond acceptors (Lipinski definition) is 2. The summed E-state index contributed by atoms with van der Waals surface area (Å²) in [6.45, 7) is 0.674. The molecule has 1 aromatic rings. The summed E-state index contributed by atoms with van der Waals surface area (Å²) in [4.78, 5) is 0.325. The second kappa shape index (κ2) is 4.47. The van der Waals surface area contributed by atoms with Crippen LogP contribution in [0, 0.1) is 5.92 Å². The lowest BCUT2D eigenvalue weighted by molar-refractivity contribution is 0.333. The Kier molecular flexibility index (Phi) is 3.21. The summed E-state index contributed by atoms with van der Waals surface area (Å²) < 4.78 is 27.4. The summed E-state index contributed by atoms with van der Waals surface area (Å²) in [6.07, 6.45) is 3.19. The lowest BCUT2D eigenvalue weighted by Crippen LogP contribution is -2.37. The van der Waals surface area contributed by atoms with Crippen LogP contribution in [0.4, 0.5) is 0 Å². The number of nitrogens with zero attached hydrogens (tertiary/aromatic N) is 1. The number of piperidine rings is 1. The molecule has 0 spiro atoms. The Morgan fingerprint density at radius 2 is 2.11 bits per heavy atom. The summed E-state index contributed by atoms with van der Waals surface area (Å²) >= 11 is 9.17. The highest BCUT2D eigenvalue weighted by Crippen LogP contribution is 2.41. The molecule has 1 saturated heterocycles. The molecule has 2 bridgehead atoms. The molecule has 1 aliphatic heterocycles. The standard InChI is InChI=1S/C12H13BrClNO2S/c13-11-6-10(3-4-12(11)14)18(16,17)15-7-8-1-2-9(15)5-8/h3-4,6,8-9H,1-2,5,7H2. The van der Waals surface area contributed by atoms with Gasteiger partial charge in [-0.3, -0.25) is 0 Å². The van der Waals surface area contributed by atoms with Gasteiger partial charge in [0, 0.05) is 17.1 Å². The van der Waals surface area contributed by atoms with E-state index in [0.29, 0.717) is 26.9 Å². The number of rotatable bonds is 2. The SMILES string of the molecule is O=S(=O)(c1ccc(Cl)c(Br)c1)N1CC2CCC1C2. The quantitative estimate of drug-likeness (QED) is 0.821. The molecule has 0 N–H and O–H groups in total. The monoisotopic (exact) mass is 349 g/mol. The van der Waals surface area contributed by atoms with Crippen LogP contribution in [0.15, 0.2) is 27.6 Å². The first-order valence-electron chi connectivity index (χ1n) is 5.95. The summed E-state index contributed by atoms with van der Waals surface area (Å²) in [7, 11) is -3.36. The molecule has 18 heavy (non-hydrogen) atoms. The molecule has 0 radical (unpaired) electrons. The molecule has 6 heteroatoms. The van der Waals surface area contributed by atoms with Crippen molar-refractivity contribution in [3.63, 3.8) is 0 Å². The Morgan fingerprint density at radius 3 is 2.67 bits per heavy atom. The predicted molar refractivity (Wildman–Crippen MR) is 74.2 cm³/mol. The fourth-order valence-electron chi connectivity index (χ4n) is 2.95. The van der Waals surface area contributed by atoms with Crippen LogP contribution in [-0.4, -0.2) is 25.3 Å². The zero-order chi connectivity index (χ0) is 12.9. The van der Waals surface area contributed by atoms with Gasteiger partial charge in [-0.2, -0.15) is 4.31 Å². The van der Waals surface area contributed by atoms with E-state index in [1.807, 2.05) is 0 Å². The maximum absolute atomic E-state index is 12.5. The molecular weight excluding hydrogens is 338 g/mol. The molecule has 2 fully saturated rings. The van der Waals surface area contributed by atoms with E-state index < -0.39 is 10.0 Å². The molecule has 1 heterocycles. The van der Waals surface area contributed by atoms with Crippen LogP contribution in [0.3, 0.4) is 0 Å². The first-order valence-corrected chi connectivity index (χ1v) is 8.56. The molecule has 2 unspecified atom stereocenters. The van der Waals surface area contributed by atoms with Crippen LogP contribution in [0.25, 0.3) is 0 Å². The van der Waals surface area contributed by atoms with Crippen LogP contribution in [0.5, 0.6) is 0 Å². The number of halogens is 2. The Bertz CT molecular complexity index is 590. The maximum atomic E-state index is 12.5. The summed E-state index contributed by atoms with van der Waals surface area (Å²) in [5.41, 5.74) is 0. The van der Waals surface area contributed by atoms with E-state index in [1.165, 1.54) is 6.42 Å². The molecule has 1 aliphatic carbocycles. The van der Waals surface area contributed by atoms with Gasteiger partial charge in [0.05, 0.1) is 9.92 Å². The van der Waals surface area contributed by atoms with Gasteiger partial charge in [-0.25, -0.2) is 8.42 Å². The van der Waals surface area contributed by atoms with Crippen molar-refractivity contribution in [2.45, 2.75) is 30.2 Å². The maximum Gasteiger partial charge on any atom is 0.243 e. The summed E-state index contributed by atoms with van der Waals surface area (Å²) in [5.74, 6) is 0.556. The largest absolute Gasteiger partial charge is 0.243 e. The van der Waals surface area contributed by atoms with Crippen LogP contribution < -0.4 is 0 Å². The van der Waals surface area contributed by atoms with Crippen molar-refractivity contribution in [2.75, 3.05) is 6.54 Å². The second-order valence-electron chi connectivity index (χ2n) is 4.98. The number of sulfonamides is 1. The fourth-order valence-corrected chi connectivity index (χ4v) is 5.36. The number of fused-ring (bicyclic) bond motifs is 2. The van der Waals surface area contributed by atoms with Gasteiger partial charge in [-0.1, -0.05) is 11.6 Å². The van der Waals surface area contributed by atoms with Gasteiger partial charge < -0.3 is 0 Å². The third-order valence-electron chi connectivity index (χ3n) is 3.86. The molecule has 2 atom stereocenters. The first kappa shape index (κ1) is 12.9. The van der Waals surface area contributed by atoms with E-state index in [0.717, 1.165) is 12.8 Å². The summed E-state index contributed by atoms with van der Waals surface area (Å²) in [6, 6.07) is 4.99. The smallest absolute Gasteiger partial charge is 0.207 e. The van der Waals surface area contributed by atoms with E-state index in [9.17, 15) is 8.42 Å². The van der Waals surface area contributed by atoms with Gasteiger partial charge >= 0.3 is 0 Å². The van der Waals surface area contributed by atoms with Crippen LogP contribution in [0.1, 0.15) is 19.3 Å². The third kappa shape index (κ3) is 2.01. The van der Waals surface area contributed by atoms with Gasteiger partial charge in [-0.15, -0.1) is 0 Å². The highest BCUT2D eigenvalue weighted by Gasteiger charge is 2.44. The first-order chi connectivity index (χ1) is 8.48. The molecule has 0 aromatic heterocycles.